The predicted molar refractivity (Wildman–Crippen MR) is 265 cm³/mol. The van der Waals surface area contributed by atoms with Gasteiger partial charge in [0.25, 0.3) is 0 Å². The van der Waals surface area contributed by atoms with E-state index in [0.717, 1.165) is 109 Å². The van der Waals surface area contributed by atoms with Gasteiger partial charge >= 0.3 is 5.97 Å². The molecule has 64 heavy (non-hydrogen) atoms. The maximum Gasteiger partial charge on any atom is 0.306 e. The van der Waals surface area contributed by atoms with E-state index in [1.807, 2.05) is 0 Å². The molecule has 6 unspecified atom stereocenters. The summed E-state index contributed by atoms with van der Waals surface area (Å²) in [6.07, 6.45) is 55.8. The van der Waals surface area contributed by atoms with Gasteiger partial charge in [-0.05, 0) is 89.9 Å². The van der Waals surface area contributed by atoms with Gasteiger partial charge in [-0.1, -0.05) is 182 Å². The number of aliphatic hydroxyl groups excluding tert-OH is 4. The van der Waals surface area contributed by atoms with Crippen molar-refractivity contribution < 1.29 is 44.2 Å². The van der Waals surface area contributed by atoms with Gasteiger partial charge in [-0.25, -0.2) is 0 Å². The zero-order valence-corrected chi connectivity index (χ0v) is 40.2. The highest BCUT2D eigenvalue weighted by Gasteiger charge is 2.44. The van der Waals surface area contributed by atoms with Crippen LogP contribution in [0.25, 0.3) is 0 Å². The summed E-state index contributed by atoms with van der Waals surface area (Å²) in [6.45, 7) is 4.28. The average Bonchev–Trinajstić information content (AvgIpc) is 3.30. The molecular weight excluding hydrogens is 805 g/mol. The third-order valence-corrected chi connectivity index (χ3v) is 11.0. The second-order valence-electron chi connectivity index (χ2n) is 16.8. The predicted octanol–water partition coefficient (Wildman–Crippen LogP) is 12.4. The van der Waals surface area contributed by atoms with E-state index in [0.29, 0.717) is 13.0 Å². The summed E-state index contributed by atoms with van der Waals surface area (Å²) in [5.74, 6) is -0.329. The first-order valence-electron chi connectivity index (χ1n) is 25.3. The molecule has 1 fully saturated rings. The summed E-state index contributed by atoms with van der Waals surface area (Å²) >= 11 is 0. The number of carbonyl (C=O) groups excluding carboxylic acids is 1. The molecule has 1 aliphatic heterocycles. The van der Waals surface area contributed by atoms with E-state index in [1.165, 1.54) is 51.4 Å². The molecule has 1 heterocycles. The Morgan fingerprint density at radius 2 is 0.906 bits per heavy atom. The lowest BCUT2D eigenvalue weighted by molar-refractivity contribution is -0.305. The van der Waals surface area contributed by atoms with Crippen molar-refractivity contribution in [2.45, 2.75) is 218 Å². The average molecular weight is 897 g/mol. The molecule has 4 N–H and O–H groups in total. The summed E-state index contributed by atoms with van der Waals surface area (Å²) in [5.41, 5.74) is 0. The van der Waals surface area contributed by atoms with Gasteiger partial charge in [0.2, 0.25) is 0 Å². The van der Waals surface area contributed by atoms with Crippen molar-refractivity contribution in [3.63, 3.8) is 0 Å². The van der Waals surface area contributed by atoms with Crippen molar-refractivity contribution in [3.05, 3.63) is 97.2 Å². The van der Waals surface area contributed by atoms with Crippen LogP contribution in [0.15, 0.2) is 97.2 Å². The fourth-order valence-electron chi connectivity index (χ4n) is 7.12. The normalized spacial score (nSPS) is 20.4. The SMILES string of the molecule is CC/C=C\C/C=C\C/C=C\C/C=C\CCCCCCCCCCCCC(=O)OC(COCCCCCCC/C=C\C/C=C\C/C=C\C/C=C\CC)COC1OC(CO)C(O)C(O)C1O. The van der Waals surface area contributed by atoms with Crippen molar-refractivity contribution in [2.24, 2.45) is 0 Å². The number of allylic oxidation sites excluding steroid dienone is 16. The zero-order valence-electron chi connectivity index (χ0n) is 40.2. The van der Waals surface area contributed by atoms with E-state index in [1.54, 1.807) is 0 Å². The molecule has 6 atom stereocenters. The molecule has 1 saturated heterocycles. The van der Waals surface area contributed by atoms with Gasteiger partial charge in [-0.2, -0.15) is 0 Å². The largest absolute Gasteiger partial charge is 0.457 e. The Balaban J connectivity index is 2.23. The van der Waals surface area contributed by atoms with Crippen molar-refractivity contribution in [1.82, 2.24) is 0 Å². The molecule has 1 aliphatic rings. The second-order valence-corrected chi connectivity index (χ2v) is 16.8. The molecule has 0 aromatic carbocycles. The monoisotopic (exact) mass is 897 g/mol. The quantitative estimate of drug-likeness (QED) is 0.0268. The van der Waals surface area contributed by atoms with E-state index in [2.05, 4.69) is 111 Å². The number of aliphatic hydroxyl groups is 4. The van der Waals surface area contributed by atoms with Crippen LogP contribution >= 0.6 is 0 Å². The van der Waals surface area contributed by atoms with Crippen LogP contribution in [0.4, 0.5) is 0 Å². The summed E-state index contributed by atoms with van der Waals surface area (Å²) in [5, 5.41) is 40.2. The van der Waals surface area contributed by atoms with Crippen LogP contribution in [0.2, 0.25) is 0 Å². The van der Waals surface area contributed by atoms with Crippen molar-refractivity contribution in [1.29, 1.82) is 0 Å². The van der Waals surface area contributed by atoms with Crippen LogP contribution in [-0.4, -0.2) is 89.6 Å². The van der Waals surface area contributed by atoms with E-state index in [9.17, 15) is 25.2 Å². The second kappa shape index (κ2) is 45.3. The van der Waals surface area contributed by atoms with Gasteiger partial charge in [0.1, 0.15) is 30.5 Å². The lowest BCUT2D eigenvalue weighted by Gasteiger charge is -2.39. The van der Waals surface area contributed by atoms with Gasteiger partial charge in [-0.3, -0.25) is 4.79 Å². The fourth-order valence-corrected chi connectivity index (χ4v) is 7.12. The number of hydrogen-bond acceptors (Lipinski definition) is 9. The highest BCUT2D eigenvalue weighted by Crippen LogP contribution is 2.22. The molecule has 366 valence electrons. The third kappa shape index (κ3) is 35.4. The molecule has 0 spiro atoms. The van der Waals surface area contributed by atoms with E-state index >= 15 is 0 Å². The summed E-state index contributed by atoms with van der Waals surface area (Å²) in [4.78, 5) is 12.8. The van der Waals surface area contributed by atoms with Gasteiger partial charge in [0.15, 0.2) is 6.29 Å². The van der Waals surface area contributed by atoms with Crippen molar-refractivity contribution >= 4 is 5.97 Å². The molecule has 0 amide bonds. The summed E-state index contributed by atoms with van der Waals surface area (Å²) in [7, 11) is 0. The Morgan fingerprint density at radius 1 is 0.500 bits per heavy atom. The highest BCUT2D eigenvalue weighted by molar-refractivity contribution is 5.69. The standard InChI is InChI=1S/C55H92O9/c1-3-5-7-9-11-13-15-17-19-21-23-24-25-26-27-28-30-32-34-36-38-40-42-44-51(57)63-49(48-62-55-54(60)53(59)52(58)50(46-56)64-55)47-61-45-43-41-39-37-35-33-31-29-22-20-18-16-14-12-10-8-6-4-2/h5-8,11-14,17-20,23-24,29,31,49-50,52-56,58-60H,3-4,9-10,15-16,21-22,25-28,30,32-48H2,1-2H3/b7-5-,8-6-,13-11-,14-12-,19-17-,20-18-,24-23-,31-29-. The number of rotatable bonds is 42. The number of unbranched alkanes of at least 4 members (excludes halogenated alkanes) is 15. The first-order valence-corrected chi connectivity index (χ1v) is 25.3. The Morgan fingerprint density at radius 3 is 1.36 bits per heavy atom. The Hall–Kier alpha value is -2.89. The van der Waals surface area contributed by atoms with Crippen LogP contribution < -0.4 is 0 Å². The molecular formula is C55H92O9. The number of hydrogen-bond donors (Lipinski definition) is 4. The van der Waals surface area contributed by atoms with Crippen LogP contribution in [0, 0.1) is 0 Å². The Bertz CT molecular complexity index is 1300. The molecule has 9 nitrogen and oxygen atoms in total. The molecule has 0 radical (unpaired) electrons. The van der Waals surface area contributed by atoms with Gasteiger partial charge in [0, 0.05) is 13.0 Å². The van der Waals surface area contributed by atoms with Crippen molar-refractivity contribution in [2.75, 3.05) is 26.4 Å². The highest BCUT2D eigenvalue weighted by atomic mass is 16.7. The lowest BCUT2D eigenvalue weighted by Crippen LogP contribution is -2.59. The fraction of sp³-hybridized carbons (Fsp3) is 0.691. The molecule has 1 rings (SSSR count). The molecule has 0 aliphatic carbocycles. The minimum Gasteiger partial charge on any atom is -0.457 e. The van der Waals surface area contributed by atoms with Gasteiger partial charge < -0.3 is 39.4 Å². The summed E-state index contributed by atoms with van der Waals surface area (Å²) < 4.78 is 22.9. The number of carbonyl (C=O) groups is 1. The molecule has 0 saturated carbocycles. The van der Waals surface area contributed by atoms with Crippen LogP contribution in [0.1, 0.15) is 181 Å². The summed E-state index contributed by atoms with van der Waals surface area (Å²) in [6, 6.07) is 0. The minimum absolute atomic E-state index is 0.124. The lowest BCUT2D eigenvalue weighted by atomic mass is 9.99. The maximum absolute atomic E-state index is 12.8. The van der Waals surface area contributed by atoms with Crippen LogP contribution in [0.3, 0.4) is 0 Å². The maximum atomic E-state index is 12.8. The smallest absolute Gasteiger partial charge is 0.306 e. The van der Waals surface area contributed by atoms with Crippen molar-refractivity contribution in [3.8, 4) is 0 Å². The number of ether oxygens (including phenoxy) is 4. The Labute approximate surface area is 390 Å². The zero-order chi connectivity index (χ0) is 46.4. The molecule has 9 heteroatoms. The first kappa shape index (κ1) is 59.1. The van der Waals surface area contributed by atoms with Crippen LogP contribution in [-0.2, 0) is 23.7 Å². The minimum atomic E-state index is -1.55. The van der Waals surface area contributed by atoms with Crippen LogP contribution in [0.5, 0.6) is 0 Å². The number of esters is 1. The molecule has 0 aromatic heterocycles. The third-order valence-electron chi connectivity index (χ3n) is 11.0. The van der Waals surface area contributed by atoms with E-state index in [-0.39, 0.29) is 19.2 Å². The topological polar surface area (TPSA) is 135 Å². The van der Waals surface area contributed by atoms with E-state index < -0.39 is 43.4 Å². The van der Waals surface area contributed by atoms with Gasteiger partial charge in [-0.15, -0.1) is 0 Å². The first-order chi connectivity index (χ1) is 31.4. The Kier molecular flexibility index (Phi) is 41.8. The molecule has 0 bridgehead atoms. The van der Waals surface area contributed by atoms with Gasteiger partial charge in [0.05, 0.1) is 19.8 Å². The van der Waals surface area contributed by atoms with E-state index in [4.69, 9.17) is 18.9 Å². The molecule has 0 aromatic rings.